The summed E-state index contributed by atoms with van der Waals surface area (Å²) in [6.45, 7) is 7.86. The molecule has 1 spiro atoms. The molecule has 1 aromatic carbocycles. The molecule has 130 valence electrons. The van der Waals surface area contributed by atoms with Gasteiger partial charge in [-0.2, -0.15) is 0 Å². The molecule has 2 aliphatic rings. The first-order valence-electron chi connectivity index (χ1n) is 8.94. The van der Waals surface area contributed by atoms with Crippen molar-refractivity contribution in [3.8, 4) is 0 Å². The molecule has 2 fully saturated rings. The number of hydrogen-bond donors (Lipinski definition) is 1. The fraction of sp³-hybridized carbons (Fsp3) is 0.579. The topological polar surface area (TPSA) is 52.7 Å². The van der Waals surface area contributed by atoms with E-state index in [2.05, 4.69) is 22.3 Å². The number of likely N-dealkylation sites (N-methyl/N-ethyl adjacent to an activating group) is 1. The zero-order valence-electron chi connectivity index (χ0n) is 14.6. The smallest absolute Gasteiger partial charge is 0.245 e. The van der Waals surface area contributed by atoms with Crippen LogP contribution in [0.4, 0.5) is 0 Å². The van der Waals surface area contributed by atoms with Crippen LogP contribution in [0.25, 0.3) is 0 Å². The third-order valence-electron chi connectivity index (χ3n) is 5.44. The highest BCUT2D eigenvalue weighted by Crippen LogP contribution is 2.40. The van der Waals surface area contributed by atoms with E-state index in [0.29, 0.717) is 19.5 Å². The van der Waals surface area contributed by atoms with Crippen molar-refractivity contribution < 1.29 is 9.59 Å². The van der Waals surface area contributed by atoms with Crippen LogP contribution < -0.4 is 5.32 Å². The highest BCUT2D eigenvalue weighted by Gasteiger charge is 2.52. The first kappa shape index (κ1) is 17.0. The first-order chi connectivity index (χ1) is 11.6. The molecule has 3 rings (SSSR count). The number of amides is 2. The van der Waals surface area contributed by atoms with Crippen molar-refractivity contribution in [2.24, 2.45) is 5.41 Å². The van der Waals surface area contributed by atoms with Gasteiger partial charge < -0.3 is 10.2 Å². The second kappa shape index (κ2) is 6.93. The number of carbonyl (C=O) groups excluding carboxylic acids is 2. The molecular formula is C19H27N3O2. The highest BCUT2D eigenvalue weighted by atomic mass is 16.2. The lowest BCUT2D eigenvalue weighted by Gasteiger charge is -2.24. The Labute approximate surface area is 144 Å². The van der Waals surface area contributed by atoms with Crippen molar-refractivity contribution in [2.75, 3.05) is 26.2 Å². The van der Waals surface area contributed by atoms with Crippen LogP contribution in [0, 0.1) is 5.41 Å². The summed E-state index contributed by atoms with van der Waals surface area (Å²) in [5, 5.41) is 2.96. The summed E-state index contributed by atoms with van der Waals surface area (Å²) in [7, 11) is 0. The summed E-state index contributed by atoms with van der Waals surface area (Å²) in [5.41, 5.74) is 0.881. The maximum atomic E-state index is 12.6. The van der Waals surface area contributed by atoms with E-state index in [1.807, 2.05) is 32.0 Å². The molecule has 2 saturated heterocycles. The van der Waals surface area contributed by atoms with Gasteiger partial charge in [-0.15, -0.1) is 0 Å². The predicted molar refractivity (Wildman–Crippen MR) is 93.2 cm³/mol. The minimum absolute atomic E-state index is 0.0589. The zero-order valence-corrected chi connectivity index (χ0v) is 14.6. The van der Waals surface area contributed by atoms with E-state index in [9.17, 15) is 9.59 Å². The summed E-state index contributed by atoms with van der Waals surface area (Å²) in [4.78, 5) is 29.3. The third kappa shape index (κ3) is 3.18. The van der Waals surface area contributed by atoms with E-state index in [1.165, 1.54) is 5.56 Å². The van der Waals surface area contributed by atoms with E-state index in [1.54, 1.807) is 4.90 Å². The van der Waals surface area contributed by atoms with Crippen molar-refractivity contribution in [2.45, 2.75) is 39.3 Å². The number of carbonyl (C=O) groups is 2. The van der Waals surface area contributed by atoms with Gasteiger partial charge in [-0.25, -0.2) is 0 Å². The van der Waals surface area contributed by atoms with Crippen LogP contribution in [0.3, 0.4) is 0 Å². The van der Waals surface area contributed by atoms with Gasteiger partial charge in [0.15, 0.2) is 0 Å². The van der Waals surface area contributed by atoms with E-state index < -0.39 is 0 Å². The molecule has 1 aromatic rings. The Morgan fingerprint density at radius 2 is 2.00 bits per heavy atom. The molecule has 5 heteroatoms. The lowest BCUT2D eigenvalue weighted by atomic mass is 9.83. The van der Waals surface area contributed by atoms with Gasteiger partial charge in [0.05, 0.1) is 5.41 Å². The monoisotopic (exact) mass is 329 g/mol. The van der Waals surface area contributed by atoms with Crippen LogP contribution in [0.15, 0.2) is 30.3 Å². The van der Waals surface area contributed by atoms with E-state index in [0.717, 1.165) is 26.1 Å². The van der Waals surface area contributed by atoms with Gasteiger partial charge in [0, 0.05) is 26.2 Å². The van der Waals surface area contributed by atoms with Crippen molar-refractivity contribution in [3.05, 3.63) is 35.9 Å². The normalized spacial score (nSPS) is 26.8. The molecule has 0 aromatic heterocycles. The molecule has 24 heavy (non-hydrogen) atoms. The Balaban J connectivity index is 1.64. The second-order valence-electron chi connectivity index (χ2n) is 6.97. The number of nitrogens with one attached hydrogen (secondary N) is 1. The van der Waals surface area contributed by atoms with Crippen LogP contribution in [0.2, 0.25) is 0 Å². The number of hydrogen-bond acceptors (Lipinski definition) is 3. The Morgan fingerprint density at radius 1 is 1.29 bits per heavy atom. The van der Waals surface area contributed by atoms with Crippen molar-refractivity contribution in [3.63, 3.8) is 0 Å². The summed E-state index contributed by atoms with van der Waals surface area (Å²) in [5.74, 6) is 0.121. The molecule has 0 radical (unpaired) electrons. The van der Waals surface area contributed by atoms with Gasteiger partial charge >= 0.3 is 0 Å². The average Bonchev–Trinajstić information content (AvgIpc) is 3.14. The van der Waals surface area contributed by atoms with E-state index in [-0.39, 0.29) is 23.3 Å². The largest absolute Gasteiger partial charge is 0.344 e. The minimum Gasteiger partial charge on any atom is -0.344 e. The predicted octanol–water partition coefficient (Wildman–Crippen LogP) is 1.64. The zero-order chi connectivity index (χ0) is 17.2. The Hall–Kier alpha value is -1.88. The van der Waals surface area contributed by atoms with E-state index >= 15 is 0 Å². The molecule has 2 amide bonds. The van der Waals surface area contributed by atoms with E-state index in [4.69, 9.17) is 0 Å². The molecule has 1 N–H and O–H groups in total. The molecule has 2 aliphatic heterocycles. The van der Waals surface area contributed by atoms with Crippen molar-refractivity contribution >= 4 is 11.8 Å². The van der Waals surface area contributed by atoms with Gasteiger partial charge in [-0.3, -0.25) is 14.5 Å². The van der Waals surface area contributed by atoms with Crippen LogP contribution in [0.5, 0.6) is 0 Å². The molecule has 2 heterocycles. The number of nitrogens with zero attached hydrogens (tertiary/aromatic N) is 2. The molecule has 2 atom stereocenters. The van der Waals surface area contributed by atoms with Crippen molar-refractivity contribution in [1.82, 2.24) is 15.1 Å². The molecule has 0 aliphatic carbocycles. The molecule has 0 bridgehead atoms. The fourth-order valence-corrected chi connectivity index (χ4v) is 4.04. The fourth-order valence-electron chi connectivity index (χ4n) is 4.04. The Kier molecular flexibility index (Phi) is 4.90. The van der Waals surface area contributed by atoms with Gasteiger partial charge in [-0.1, -0.05) is 30.3 Å². The highest BCUT2D eigenvalue weighted by molar-refractivity contribution is 5.94. The van der Waals surface area contributed by atoms with Gasteiger partial charge in [-0.05, 0) is 38.8 Å². The Bertz CT molecular complexity index is 600. The lowest BCUT2D eigenvalue weighted by Crippen LogP contribution is -2.44. The van der Waals surface area contributed by atoms with Gasteiger partial charge in [0.2, 0.25) is 11.8 Å². The molecular weight excluding hydrogens is 302 g/mol. The Morgan fingerprint density at radius 3 is 2.67 bits per heavy atom. The number of rotatable bonds is 5. The number of benzene rings is 1. The first-order valence-corrected chi connectivity index (χ1v) is 8.94. The summed E-state index contributed by atoms with van der Waals surface area (Å²) < 4.78 is 0. The molecule has 5 nitrogen and oxygen atoms in total. The summed E-state index contributed by atoms with van der Waals surface area (Å²) in [6, 6.07) is 9.99. The maximum absolute atomic E-state index is 12.6. The standard InChI is InChI=1S/C19H27N3O2/c1-3-22(4-2)17(23)16-12-19(18(24)20-16)10-11-21(14-19)13-15-8-6-5-7-9-15/h5-9,16H,3-4,10-14H2,1-2H3,(H,20,24)/t16-,19+/m0/s1. The quantitative estimate of drug-likeness (QED) is 0.893. The molecule has 0 saturated carbocycles. The van der Waals surface area contributed by atoms with Crippen LogP contribution in [0.1, 0.15) is 32.3 Å². The minimum atomic E-state index is -0.387. The summed E-state index contributed by atoms with van der Waals surface area (Å²) in [6.07, 6.45) is 1.47. The van der Waals surface area contributed by atoms with Crippen LogP contribution in [-0.4, -0.2) is 53.8 Å². The summed E-state index contributed by atoms with van der Waals surface area (Å²) >= 11 is 0. The molecule has 0 unspecified atom stereocenters. The maximum Gasteiger partial charge on any atom is 0.245 e. The third-order valence-corrected chi connectivity index (χ3v) is 5.44. The second-order valence-corrected chi connectivity index (χ2v) is 6.97. The van der Waals surface area contributed by atoms with Crippen molar-refractivity contribution in [1.29, 1.82) is 0 Å². The van der Waals surface area contributed by atoms with Gasteiger partial charge in [0.1, 0.15) is 6.04 Å². The van der Waals surface area contributed by atoms with Crippen LogP contribution >= 0.6 is 0 Å². The lowest BCUT2D eigenvalue weighted by molar-refractivity contribution is -0.134. The van der Waals surface area contributed by atoms with Gasteiger partial charge in [0.25, 0.3) is 0 Å². The average molecular weight is 329 g/mol. The SMILES string of the molecule is CCN(CC)C(=O)[C@@H]1C[C@@]2(CCN(Cc3ccccc3)C2)C(=O)N1. The number of likely N-dealkylation sites (tertiary alicyclic amines) is 1. The van der Waals surface area contributed by atoms with Crippen LogP contribution in [-0.2, 0) is 16.1 Å².